The highest BCUT2D eigenvalue weighted by Gasteiger charge is 2.26. The van der Waals surface area contributed by atoms with Gasteiger partial charge in [-0.2, -0.15) is 5.10 Å². The summed E-state index contributed by atoms with van der Waals surface area (Å²) in [5.74, 6) is -1.91. The summed E-state index contributed by atoms with van der Waals surface area (Å²) in [5.41, 5.74) is 2.02. The number of nitrogens with one attached hydrogen (secondary N) is 1. The highest BCUT2D eigenvalue weighted by atomic mass is 16.5. The topological polar surface area (TPSA) is 130 Å². The van der Waals surface area contributed by atoms with Crippen molar-refractivity contribution in [2.24, 2.45) is 0 Å². The van der Waals surface area contributed by atoms with E-state index in [1.54, 1.807) is 37.6 Å². The first kappa shape index (κ1) is 24.4. The Bertz CT molecular complexity index is 1520. The Morgan fingerprint density at radius 3 is 2.50 bits per heavy atom. The van der Waals surface area contributed by atoms with Crippen molar-refractivity contribution >= 4 is 34.5 Å². The lowest BCUT2D eigenvalue weighted by Crippen LogP contribution is -2.19. The number of fused-ring (bicyclic) bond motifs is 1. The van der Waals surface area contributed by atoms with Crippen LogP contribution in [0.3, 0.4) is 0 Å². The molecule has 10 heteroatoms. The Kier molecular flexibility index (Phi) is 6.95. The molecule has 4 rings (SSSR count). The molecule has 184 valence electrons. The average molecular weight is 489 g/mol. The van der Waals surface area contributed by atoms with E-state index in [0.29, 0.717) is 28.0 Å². The van der Waals surface area contributed by atoms with E-state index < -0.39 is 23.5 Å². The van der Waals surface area contributed by atoms with E-state index in [1.165, 1.54) is 12.1 Å². The van der Waals surface area contributed by atoms with Crippen molar-refractivity contribution in [3.63, 3.8) is 0 Å². The van der Waals surface area contributed by atoms with E-state index >= 15 is 0 Å². The monoisotopic (exact) mass is 489 g/mol. The number of hydrogen-bond donors (Lipinski definition) is 1. The second-order valence-corrected chi connectivity index (χ2v) is 7.85. The van der Waals surface area contributed by atoms with Gasteiger partial charge in [0.1, 0.15) is 12.2 Å². The number of Topliss-reactive ketones (excluding diaryl/α,β-unsaturated/α-hetero) is 1. The molecule has 0 spiro atoms. The SMILES string of the molecule is CCOC(=O)Nc1ccc2c(COC(=O)C(=O)c3c(C)nn(-c4ccccc4)c3C)cc(=O)oc2c1. The molecule has 2 aromatic heterocycles. The lowest BCUT2D eigenvalue weighted by molar-refractivity contribution is -0.139. The van der Waals surface area contributed by atoms with E-state index in [-0.39, 0.29) is 24.4 Å². The number of rotatable bonds is 7. The summed E-state index contributed by atoms with van der Waals surface area (Å²) in [4.78, 5) is 49.3. The molecule has 0 bridgehead atoms. The smallest absolute Gasteiger partial charge is 0.411 e. The zero-order valence-corrected chi connectivity index (χ0v) is 19.9. The molecule has 10 nitrogen and oxygen atoms in total. The molecule has 0 saturated carbocycles. The van der Waals surface area contributed by atoms with Crippen LogP contribution >= 0.6 is 0 Å². The van der Waals surface area contributed by atoms with Crippen molar-refractivity contribution in [3.8, 4) is 5.69 Å². The first-order chi connectivity index (χ1) is 17.3. The largest absolute Gasteiger partial charge is 0.455 e. The second-order valence-electron chi connectivity index (χ2n) is 7.85. The number of ketones is 1. The van der Waals surface area contributed by atoms with Gasteiger partial charge in [-0.15, -0.1) is 0 Å². The number of hydrogen-bond acceptors (Lipinski definition) is 8. The van der Waals surface area contributed by atoms with Gasteiger partial charge in [0.15, 0.2) is 0 Å². The summed E-state index contributed by atoms with van der Waals surface area (Å²) in [6.45, 7) is 4.89. The van der Waals surface area contributed by atoms with E-state index in [1.807, 2.05) is 30.3 Å². The van der Waals surface area contributed by atoms with Crippen LogP contribution in [0.4, 0.5) is 10.5 Å². The van der Waals surface area contributed by atoms with Crippen molar-refractivity contribution in [3.05, 3.63) is 87.5 Å². The van der Waals surface area contributed by atoms with Crippen LogP contribution in [0.2, 0.25) is 0 Å². The quantitative estimate of drug-likeness (QED) is 0.178. The van der Waals surface area contributed by atoms with E-state index in [9.17, 15) is 19.2 Å². The van der Waals surface area contributed by atoms with E-state index in [4.69, 9.17) is 13.9 Å². The number of aromatic nitrogens is 2. The highest BCUT2D eigenvalue weighted by Crippen LogP contribution is 2.23. The number of carbonyl (C=O) groups is 3. The number of amides is 1. The van der Waals surface area contributed by atoms with Gasteiger partial charge < -0.3 is 13.9 Å². The summed E-state index contributed by atoms with van der Waals surface area (Å²) >= 11 is 0. The third-order valence-corrected chi connectivity index (χ3v) is 5.42. The van der Waals surface area contributed by atoms with Gasteiger partial charge in [0.05, 0.1) is 29.2 Å². The molecule has 0 atom stereocenters. The number of esters is 1. The Balaban J connectivity index is 1.53. The zero-order chi connectivity index (χ0) is 25.8. The van der Waals surface area contributed by atoms with Gasteiger partial charge in [-0.3, -0.25) is 10.1 Å². The van der Waals surface area contributed by atoms with Crippen LogP contribution in [0.15, 0.2) is 63.8 Å². The molecule has 1 amide bonds. The minimum atomic E-state index is -1.07. The van der Waals surface area contributed by atoms with Crippen LogP contribution in [0.25, 0.3) is 16.7 Å². The first-order valence-corrected chi connectivity index (χ1v) is 11.1. The normalized spacial score (nSPS) is 10.8. The molecule has 0 aliphatic heterocycles. The summed E-state index contributed by atoms with van der Waals surface area (Å²) in [6.07, 6.45) is -0.649. The van der Waals surface area contributed by atoms with Gasteiger partial charge in [0.25, 0.3) is 5.78 Å². The van der Waals surface area contributed by atoms with E-state index in [0.717, 1.165) is 5.69 Å². The Morgan fingerprint density at radius 2 is 1.78 bits per heavy atom. The molecule has 2 aromatic carbocycles. The fourth-order valence-electron chi connectivity index (χ4n) is 3.81. The molecule has 0 aliphatic rings. The fraction of sp³-hybridized carbons (Fsp3) is 0.192. The third-order valence-electron chi connectivity index (χ3n) is 5.42. The number of nitrogens with zero attached hydrogens (tertiary/aromatic N) is 2. The molecule has 36 heavy (non-hydrogen) atoms. The number of benzene rings is 2. The lowest BCUT2D eigenvalue weighted by atomic mass is 10.1. The molecule has 2 heterocycles. The minimum Gasteiger partial charge on any atom is -0.455 e. The average Bonchev–Trinajstić information content (AvgIpc) is 3.15. The molecule has 0 fully saturated rings. The summed E-state index contributed by atoms with van der Waals surface area (Å²) in [7, 11) is 0. The van der Waals surface area contributed by atoms with E-state index in [2.05, 4.69) is 10.4 Å². The molecule has 0 saturated heterocycles. The second kappa shape index (κ2) is 10.3. The molecular weight excluding hydrogens is 466 g/mol. The standard InChI is InChI=1S/C26H23N3O7/c1-4-34-26(33)27-18-10-11-20-17(12-22(30)36-21(20)13-18)14-35-25(32)24(31)23-15(2)28-29(16(23)3)19-8-6-5-7-9-19/h5-13H,4,14H2,1-3H3,(H,27,33). The molecule has 1 N–H and O–H groups in total. The van der Waals surface area contributed by atoms with Crippen LogP contribution in [-0.2, 0) is 20.9 Å². The first-order valence-electron chi connectivity index (χ1n) is 11.1. The van der Waals surface area contributed by atoms with Crippen LogP contribution < -0.4 is 10.9 Å². The Morgan fingerprint density at radius 1 is 1.03 bits per heavy atom. The number of para-hydroxylation sites is 1. The minimum absolute atomic E-state index is 0.163. The van der Waals surface area contributed by atoms with Crippen LogP contribution in [0, 0.1) is 13.8 Å². The zero-order valence-electron chi connectivity index (χ0n) is 19.9. The van der Waals surface area contributed by atoms with Crippen molar-refractivity contribution in [1.82, 2.24) is 9.78 Å². The van der Waals surface area contributed by atoms with Crippen LogP contribution in [-0.4, -0.2) is 34.2 Å². The number of aryl methyl sites for hydroxylation is 1. The van der Waals surface area contributed by atoms with Crippen molar-refractivity contribution in [1.29, 1.82) is 0 Å². The maximum atomic E-state index is 12.9. The summed E-state index contributed by atoms with van der Waals surface area (Å²) in [5, 5.41) is 7.39. The summed E-state index contributed by atoms with van der Waals surface area (Å²) < 4.78 is 16.9. The molecule has 0 radical (unpaired) electrons. The predicted octanol–water partition coefficient (Wildman–Crippen LogP) is 4.09. The van der Waals surface area contributed by atoms with Gasteiger partial charge in [-0.1, -0.05) is 18.2 Å². The van der Waals surface area contributed by atoms with Crippen molar-refractivity contribution in [2.75, 3.05) is 11.9 Å². The van der Waals surface area contributed by atoms with Gasteiger partial charge >= 0.3 is 17.7 Å². The van der Waals surface area contributed by atoms with Gasteiger partial charge in [0.2, 0.25) is 0 Å². The Labute approximate surface area is 205 Å². The lowest BCUT2D eigenvalue weighted by Gasteiger charge is -2.09. The molecule has 0 unspecified atom stereocenters. The predicted molar refractivity (Wildman–Crippen MR) is 130 cm³/mol. The highest BCUT2D eigenvalue weighted by molar-refractivity contribution is 6.41. The van der Waals surface area contributed by atoms with Crippen molar-refractivity contribution in [2.45, 2.75) is 27.4 Å². The number of anilines is 1. The number of ether oxygens (including phenoxy) is 2. The molecule has 4 aromatic rings. The van der Waals surface area contributed by atoms with Crippen molar-refractivity contribution < 1.29 is 28.3 Å². The molecular formula is C26H23N3O7. The maximum Gasteiger partial charge on any atom is 0.411 e. The van der Waals surface area contributed by atoms with Gasteiger partial charge in [-0.05, 0) is 45.0 Å². The number of carbonyl (C=O) groups excluding carboxylic acids is 3. The summed E-state index contributed by atoms with van der Waals surface area (Å²) in [6, 6.07) is 15.1. The van der Waals surface area contributed by atoms with Gasteiger partial charge in [-0.25, -0.2) is 19.1 Å². The maximum absolute atomic E-state index is 12.9. The van der Waals surface area contributed by atoms with Crippen LogP contribution in [0.5, 0.6) is 0 Å². The fourth-order valence-corrected chi connectivity index (χ4v) is 3.81. The molecule has 0 aliphatic carbocycles. The Hall–Kier alpha value is -4.73. The van der Waals surface area contributed by atoms with Crippen LogP contribution in [0.1, 0.15) is 34.2 Å². The van der Waals surface area contributed by atoms with Gasteiger partial charge in [0, 0.05) is 28.8 Å². The third kappa shape index (κ3) is 5.02.